The minimum absolute atomic E-state index is 0.790. The standard InChI is InChI=1S/C8H13N/c1-4-5-7(2)6-8(3)9/h4-6H,2,9H2,1,3H3/b5-4-,8-6+. The third kappa shape index (κ3) is 4.88. The van der Waals surface area contributed by atoms with Crippen molar-refractivity contribution in [3.05, 3.63) is 36.1 Å². The summed E-state index contributed by atoms with van der Waals surface area (Å²) < 4.78 is 0. The molecule has 0 heterocycles. The fourth-order valence-corrected chi connectivity index (χ4v) is 0.555. The molecule has 0 atom stereocenters. The van der Waals surface area contributed by atoms with Crippen LogP contribution in [0.25, 0.3) is 0 Å². The summed E-state index contributed by atoms with van der Waals surface area (Å²) in [6, 6.07) is 0. The predicted molar refractivity (Wildman–Crippen MR) is 41.9 cm³/mol. The Hall–Kier alpha value is -0.980. The maximum atomic E-state index is 5.39. The van der Waals surface area contributed by atoms with Crippen LogP contribution in [0.15, 0.2) is 36.1 Å². The molecule has 9 heavy (non-hydrogen) atoms. The van der Waals surface area contributed by atoms with E-state index in [0.717, 1.165) is 11.3 Å². The predicted octanol–water partition coefficient (Wildman–Crippen LogP) is 1.98. The summed E-state index contributed by atoms with van der Waals surface area (Å²) in [5, 5.41) is 0. The van der Waals surface area contributed by atoms with E-state index in [1.165, 1.54) is 0 Å². The number of allylic oxidation sites excluding steroid dienone is 5. The number of hydrogen-bond acceptors (Lipinski definition) is 1. The molecule has 0 saturated heterocycles. The summed E-state index contributed by atoms with van der Waals surface area (Å²) in [6.45, 7) is 7.53. The zero-order valence-electron chi connectivity index (χ0n) is 6.02. The van der Waals surface area contributed by atoms with Crippen LogP contribution in [0.3, 0.4) is 0 Å². The average Bonchev–Trinajstić information content (AvgIpc) is 1.63. The molecule has 1 nitrogen and oxygen atoms in total. The summed E-state index contributed by atoms with van der Waals surface area (Å²) in [5.41, 5.74) is 7.12. The Morgan fingerprint density at radius 2 is 2.11 bits per heavy atom. The van der Waals surface area contributed by atoms with E-state index in [-0.39, 0.29) is 0 Å². The maximum absolute atomic E-state index is 5.39. The summed E-state index contributed by atoms with van der Waals surface area (Å²) in [7, 11) is 0. The summed E-state index contributed by atoms with van der Waals surface area (Å²) in [5.74, 6) is 0. The molecule has 0 fully saturated rings. The van der Waals surface area contributed by atoms with Gasteiger partial charge in [0.25, 0.3) is 0 Å². The Balaban J connectivity index is 3.93. The van der Waals surface area contributed by atoms with Crippen molar-refractivity contribution in [1.29, 1.82) is 0 Å². The van der Waals surface area contributed by atoms with Crippen molar-refractivity contribution >= 4 is 0 Å². The molecule has 0 radical (unpaired) electrons. The van der Waals surface area contributed by atoms with Crippen LogP contribution in [0.2, 0.25) is 0 Å². The molecule has 0 aromatic rings. The van der Waals surface area contributed by atoms with Crippen LogP contribution in [0.5, 0.6) is 0 Å². The molecule has 2 N–H and O–H groups in total. The zero-order valence-corrected chi connectivity index (χ0v) is 6.02. The molecule has 1 heteroatoms. The van der Waals surface area contributed by atoms with Crippen LogP contribution in [0.1, 0.15) is 13.8 Å². The molecule has 0 aromatic carbocycles. The minimum atomic E-state index is 0.790. The van der Waals surface area contributed by atoms with Crippen molar-refractivity contribution < 1.29 is 0 Å². The van der Waals surface area contributed by atoms with Gasteiger partial charge < -0.3 is 5.73 Å². The molecule has 0 spiro atoms. The van der Waals surface area contributed by atoms with Gasteiger partial charge >= 0.3 is 0 Å². The second-order valence-corrected chi connectivity index (χ2v) is 1.96. The van der Waals surface area contributed by atoms with E-state index in [9.17, 15) is 0 Å². The molecule has 0 aliphatic rings. The molecular weight excluding hydrogens is 110 g/mol. The highest BCUT2D eigenvalue weighted by Crippen LogP contribution is 1.96. The first-order valence-electron chi connectivity index (χ1n) is 2.92. The van der Waals surface area contributed by atoms with E-state index in [0.29, 0.717) is 0 Å². The maximum Gasteiger partial charge on any atom is 0.00546 e. The smallest absolute Gasteiger partial charge is 0.00546 e. The fraction of sp³-hybridized carbons (Fsp3) is 0.250. The lowest BCUT2D eigenvalue weighted by Crippen LogP contribution is -1.89. The number of rotatable bonds is 2. The van der Waals surface area contributed by atoms with Crippen LogP contribution in [0, 0.1) is 0 Å². The average molecular weight is 123 g/mol. The highest BCUT2D eigenvalue weighted by Gasteiger charge is 1.78. The Morgan fingerprint density at radius 1 is 1.56 bits per heavy atom. The van der Waals surface area contributed by atoms with Gasteiger partial charge in [-0.2, -0.15) is 0 Å². The molecule has 0 rings (SSSR count). The van der Waals surface area contributed by atoms with E-state index in [1.807, 2.05) is 32.1 Å². The van der Waals surface area contributed by atoms with Crippen LogP contribution >= 0.6 is 0 Å². The van der Waals surface area contributed by atoms with Gasteiger partial charge in [-0.15, -0.1) is 0 Å². The van der Waals surface area contributed by atoms with Gasteiger partial charge in [-0.25, -0.2) is 0 Å². The van der Waals surface area contributed by atoms with Crippen molar-refractivity contribution in [3.63, 3.8) is 0 Å². The van der Waals surface area contributed by atoms with Gasteiger partial charge in [0.05, 0.1) is 0 Å². The van der Waals surface area contributed by atoms with Gasteiger partial charge in [-0.3, -0.25) is 0 Å². The van der Waals surface area contributed by atoms with Gasteiger partial charge in [0.2, 0.25) is 0 Å². The van der Waals surface area contributed by atoms with Crippen LogP contribution in [-0.2, 0) is 0 Å². The van der Waals surface area contributed by atoms with E-state index < -0.39 is 0 Å². The van der Waals surface area contributed by atoms with Crippen LogP contribution < -0.4 is 5.73 Å². The lowest BCUT2D eigenvalue weighted by molar-refractivity contribution is 1.31. The lowest BCUT2D eigenvalue weighted by atomic mass is 10.2. The first-order chi connectivity index (χ1) is 4.16. The molecule has 0 saturated carbocycles. The monoisotopic (exact) mass is 123 g/mol. The molecule has 0 amide bonds. The molecule has 0 unspecified atom stereocenters. The van der Waals surface area contributed by atoms with Crippen molar-refractivity contribution in [1.82, 2.24) is 0 Å². The third-order valence-corrected chi connectivity index (χ3v) is 0.794. The van der Waals surface area contributed by atoms with E-state index in [2.05, 4.69) is 6.58 Å². The van der Waals surface area contributed by atoms with Crippen molar-refractivity contribution in [3.8, 4) is 0 Å². The quantitative estimate of drug-likeness (QED) is 0.558. The molecule has 0 aromatic heterocycles. The molecule has 0 aliphatic carbocycles. The largest absolute Gasteiger partial charge is 0.402 e. The SMILES string of the molecule is C=C(/C=C\C)/C=C(\C)N. The summed E-state index contributed by atoms with van der Waals surface area (Å²) in [6.07, 6.45) is 5.68. The van der Waals surface area contributed by atoms with Crippen LogP contribution in [-0.4, -0.2) is 0 Å². The molecule has 0 aliphatic heterocycles. The molecule has 50 valence electrons. The Kier molecular flexibility index (Phi) is 3.52. The van der Waals surface area contributed by atoms with Gasteiger partial charge in [0.1, 0.15) is 0 Å². The Morgan fingerprint density at radius 3 is 2.44 bits per heavy atom. The third-order valence-electron chi connectivity index (χ3n) is 0.794. The van der Waals surface area contributed by atoms with E-state index in [4.69, 9.17) is 5.73 Å². The first kappa shape index (κ1) is 8.02. The summed E-state index contributed by atoms with van der Waals surface area (Å²) in [4.78, 5) is 0. The van der Waals surface area contributed by atoms with Gasteiger partial charge in [-0.05, 0) is 25.5 Å². The number of hydrogen-bond donors (Lipinski definition) is 1. The highest BCUT2D eigenvalue weighted by atomic mass is 14.5. The van der Waals surface area contributed by atoms with Gasteiger partial charge in [0.15, 0.2) is 0 Å². The Labute approximate surface area is 56.6 Å². The topological polar surface area (TPSA) is 26.0 Å². The van der Waals surface area contributed by atoms with Crippen molar-refractivity contribution in [2.24, 2.45) is 5.73 Å². The zero-order chi connectivity index (χ0) is 7.28. The summed E-state index contributed by atoms with van der Waals surface area (Å²) >= 11 is 0. The van der Waals surface area contributed by atoms with E-state index >= 15 is 0 Å². The van der Waals surface area contributed by atoms with Crippen LogP contribution in [0.4, 0.5) is 0 Å². The Bertz CT molecular complexity index is 148. The number of nitrogens with two attached hydrogens (primary N) is 1. The first-order valence-corrected chi connectivity index (χ1v) is 2.92. The lowest BCUT2D eigenvalue weighted by Gasteiger charge is -1.89. The minimum Gasteiger partial charge on any atom is -0.402 e. The van der Waals surface area contributed by atoms with Gasteiger partial charge in [-0.1, -0.05) is 18.7 Å². The normalized spacial score (nSPS) is 12.4. The van der Waals surface area contributed by atoms with Gasteiger partial charge in [0, 0.05) is 5.70 Å². The van der Waals surface area contributed by atoms with E-state index in [1.54, 1.807) is 0 Å². The van der Waals surface area contributed by atoms with Crippen molar-refractivity contribution in [2.75, 3.05) is 0 Å². The second-order valence-electron chi connectivity index (χ2n) is 1.96. The highest BCUT2D eigenvalue weighted by molar-refractivity contribution is 5.28. The molecule has 0 bridgehead atoms. The molecular formula is C8H13N. The second kappa shape index (κ2) is 3.96. The fourth-order valence-electron chi connectivity index (χ4n) is 0.555. The van der Waals surface area contributed by atoms with Crippen molar-refractivity contribution in [2.45, 2.75) is 13.8 Å².